The van der Waals surface area contributed by atoms with E-state index in [9.17, 15) is 4.79 Å². The average Bonchev–Trinajstić information content (AvgIpc) is 1.88. The Balaban J connectivity index is 0. The van der Waals surface area contributed by atoms with Gasteiger partial charge in [0, 0.05) is 6.42 Å². The van der Waals surface area contributed by atoms with Crippen molar-refractivity contribution in [1.29, 1.82) is 0 Å². The quantitative estimate of drug-likeness (QED) is 0.602. The summed E-state index contributed by atoms with van der Waals surface area (Å²) >= 11 is 3.53. The molecule has 56 valence electrons. The topological polar surface area (TPSA) is 37.3 Å². The van der Waals surface area contributed by atoms with Crippen LogP contribution >= 0.6 is 12.6 Å². The normalized spacial score (nSPS) is 7.44. The van der Waals surface area contributed by atoms with E-state index in [-0.39, 0.29) is 0 Å². The predicted octanol–water partition coefficient (Wildman–Crippen LogP) is 1.81. The van der Waals surface area contributed by atoms with E-state index < -0.39 is 5.97 Å². The zero-order chi connectivity index (χ0) is 7.70. The van der Waals surface area contributed by atoms with Gasteiger partial charge >= 0.3 is 5.97 Å². The molecule has 0 saturated carbocycles. The van der Waals surface area contributed by atoms with Crippen molar-refractivity contribution in [2.45, 2.75) is 26.2 Å². The van der Waals surface area contributed by atoms with E-state index in [0.717, 1.165) is 12.8 Å². The van der Waals surface area contributed by atoms with Crippen molar-refractivity contribution < 1.29 is 9.90 Å². The molecule has 0 bridgehead atoms. The van der Waals surface area contributed by atoms with Crippen LogP contribution in [0.15, 0.2) is 0 Å². The first-order valence-corrected chi connectivity index (χ1v) is 3.83. The molecule has 0 saturated heterocycles. The average molecular weight is 150 g/mol. The second kappa shape index (κ2) is 10.7. The summed E-state index contributed by atoms with van der Waals surface area (Å²) in [5.41, 5.74) is 0. The third-order valence-electron chi connectivity index (χ3n) is 0.744. The van der Waals surface area contributed by atoms with Gasteiger partial charge in [-0.1, -0.05) is 13.3 Å². The summed E-state index contributed by atoms with van der Waals surface area (Å²) < 4.78 is 0. The van der Waals surface area contributed by atoms with Crippen LogP contribution in [-0.2, 0) is 4.79 Å². The maximum atomic E-state index is 9.76. The fraction of sp³-hybridized carbons (Fsp3) is 0.833. The molecule has 2 nitrogen and oxygen atoms in total. The molecule has 0 aromatic carbocycles. The first kappa shape index (κ1) is 11.6. The van der Waals surface area contributed by atoms with Crippen LogP contribution in [0.2, 0.25) is 0 Å². The Labute approximate surface area is 61.7 Å². The molecular weight excluding hydrogens is 136 g/mol. The Morgan fingerprint density at radius 2 is 2.00 bits per heavy atom. The number of thiol groups is 1. The van der Waals surface area contributed by atoms with Crippen molar-refractivity contribution >= 4 is 18.6 Å². The summed E-state index contributed by atoms with van der Waals surface area (Å²) in [7, 11) is 0. The molecule has 0 aromatic heterocycles. The number of hydrogen-bond donors (Lipinski definition) is 2. The molecule has 0 fully saturated rings. The van der Waals surface area contributed by atoms with Crippen molar-refractivity contribution in [3.05, 3.63) is 0 Å². The van der Waals surface area contributed by atoms with Gasteiger partial charge < -0.3 is 5.11 Å². The van der Waals surface area contributed by atoms with Gasteiger partial charge in [0.05, 0.1) is 0 Å². The van der Waals surface area contributed by atoms with Crippen LogP contribution in [-0.4, -0.2) is 17.3 Å². The fourth-order valence-corrected chi connectivity index (χ4v) is 0.328. The Morgan fingerprint density at radius 1 is 1.56 bits per heavy atom. The van der Waals surface area contributed by atoms with E-state index in [2.05, 4.69) is 12.6 Å². The van der Waals surface area contributed by atoms with Crippen LogP contribution in [0.3, 0.4) is 0 Å². The summed E-state index contributed by atoms with van der Waals surface area (Å²) in [6.07, 6.45) is 3.78. The minimum atomic E-state index is -0.693. The Kier molecular flexibility index (Phi) is 13.8. The first-order chi connectivity index (χ1) is 4.27. The molecule has 0 rings (SSSR count). The Morgan fingerprint density at radius 3 is 2.11 bits per heavy atom. The number of aliphatic carboxylic acids is 1. The highest BCUT2D eigenvalue weighted by Gasteiger charge is 1.90. The van der Waals surface area contributed by atoms with Crippen molar-refractivity contribution in [2.75, 3.05) is 6.26 Å². The summed E-state index contributed by atoms with van der Waals surface area (Å²) in [5.74, 6) is -0.693. The molecule has 9 heavy (non-hydrogen) atoms. The fourth-order valence-electron chi connectivity index (χ4n) is 0.328. The lowest BCUT2D eigenvalue weighted by Gasteiger charge is -1.85. The monoisotopic (exact) mass is 150 g/mol. The molecule has 1 N–H and O–H groups in total. The van der Waals surface area contributed by atoms with E-state index in [1.54, 1.807) is 6.26 Å². The summed E-state index contributed by atoms with van der Waals surface area (Å²) in [6, 6.07) is 0. The zero-order valence-electron chi connectivity index (χ0n) is 5.92. The largest absolute Gasteiger partial charge is 0.481 e. The lowest BCUT2D eigenvalue weighted by Crippen LogP contribution is -1.91. The van der Waals surface area contributed by atoms with Crippen LogP contribution in [0.4, 0.5) is 0 Å². The number of carbonyl (C=O) groups is 1. The maximum Gasteiger partial charge on any atom is 0.303 e. The minimum Gasteiger partial charge on any atom is -0.481 e. The van der Waals surface area contributed by atoms with E-state index >= 15 is 0 Å². The van der Waals surface area contributed by atoms with Gasteiger partial charge in [-0.2, -0.15) is 12.6 Å². The second-order valence-electron chi connectivity index (χ2n) is 1.50. The number of unbranched alkanes of at least 4 members (excludes halogenated alkanes) is 1. The molecule has 0 aliphatic carbocycles. The smallest absolute Gasteiger partial charge is 0.303 e. The van der Waals surface area contributed by atoms with E-state index in [1.165, 1.54) is 0 Å². The van der Waals surface area contributed by atoms with Gasteiger partial charge in [0.15, 0.2) is 0 Å². The van der Waals surface area contributed by atoms with Gasteiger partial charge in [-0.25, -0.2) is 0 Å². The minimum absolute atomic E-state index is 0.316. The molecule has 0 spiro atoms. The SMILES string of the molecule is CCCCC(=O)O.CS. The van der Waals surface area contributed by atoms with E-state index in [0.29, 0.717) is 6.42 Å². The lowest BCUT2D eigenvalue weighted by molar-refractivity contribution is -0.137. The van der Waals surface area contributed by atoms with Crippen molar-refractivity contribution in [3.8, 4) is 0 Å². The lowest BCUT2D eigenvalue weighted by atomic mass is 10.3. The standard InChI is InChI=1S/C5H10O2.CH4S/c1-2-3-4-5(6)7;1-2/h2-4H2,1H3,(H,6,7);2H,1H3. The van der Waals surface area contributed by atoms with Crippen LogP contribution in [0, 0.1) is 0 Å². The molecule has 0 amide bonds. The molecule has 0 aliphatic heterocycles. The molecular formula is C6H14O2S. The van der Waals surface area contributed by atoms with Crippen LogP contribution in [0.1, 0.15) is 26.2 Å². The molecule has 3 heteroatoms. The van der Waals surface area contributed by atoms with Gasteiger partial charge in [-0.05, 0) is 12.7 Å². The maximum absolute atomic E-state index is 9.76. The molecule has 0 radical (unpaired) electrons. The zero-order valence-corrected chi connectivity index (χ0v) is 6.82. The van der Waals surface area contributed by atoms with Gasteiger partial charge in [0.1, 0.15) is 0 Å². The summed E-state index contributed by atoms with van der Waals surface area (Å²) in [5, 5.41) is 8.04. The van der Waals surface area contributed by atoms with E-state index in [1.807, 2.05) is 6.92 Å². The second-order valence-corrected chi connectivity index (χ2v) is 1.50. The molecule has 0 heterocycles. The van der Waals surface area contributed by atoms with Crippen LogP contribution in [0.5, 0.6) is 0 Å². The van der Waals surface area contributed by atoms with Gasteiger partial charge in [-0.3, -0.25) is 4.79 Å². The highest BCUT2D eigenvalue weighted by molar-refractivity contribution is 7.79. The highest BCUT2D eigenvalue weighted by atomic mass is 32.1. The van der Waals surface area contributed by atoms with Gasteiger partial charge in [0.25, 0.3) is 0 Å². The molecule has 0 atom stereocenters. The van der Waals surface area contributed by atoms with Gasteiger partial charge in [-0.15, -0.1) is 0 Å². The molecule has 0 aromatic rings. The third kappa shape index (κ3) is 18.2. The van der Waals surface area contributed by atoms with Crippen molar-refractivity contribution in [2.24, 2.45) is 0 Å². The number of hydrogen-bond acceptors (Lipinski definition) is 2. The van der Waals surface area contributed by atoms with Crippen LogP contribution < -0.4 is 0 Å². The predicted molar refractivity (Wildman–Crippen MR) is 42.1 cm³/mol. The van der Waals surface area contributed by atoms with Gasteiger partial charge in [0.2, 0.25) is 0 Å². The van der Waals surface area contributed by atoms with Crippen molar-refractivity contribution in [1.82, 2.24) is 0 Å². The number of carboxylic acids is 1. The Bertz CT molecular complexity index is 64.1. The molecule has 0 unspecified atom stereocenters. The summed E-state index contributed by atoms with van der Waals surface area (Å²) in [6.45, 7) is 1.98. The van der Waals surface area contributed by atoms with Crippen LogP contribution in [0.25, 0.3) is 0 Å². The highest BCUT2D eigenvalue weighted by Crippen LogP contribution is 1.91. The molecule has 0 aliphatic rings. The van der Waals surface area contributed by atoms with Crippen molar-refractivity contribution in [3.63, 3.8) is 0 Å². The van der Waals surface area contributed by atoms with E-state index in [4.69, 9.17) is 5.11 Å². The third-order valence-corrected chi connectivity index (χ3v) is 0.744. The first-order valence-electron chi connectivity index (χ1n) is 2.94. The summed E-state index contributed by atoms with van der Waals surface area (Å²) in [4.78, 5) is 9.76. The number of carboxylic acid groups (broad SMARTS) is 1. The Hall–Kier alpha value is -0.180. The number of rotatable bonds is 3.